The molecular weight excluding hydrogens is 258 g/mol. The first kappa shape index (κ1) is 15.9. The van der Waals surface area contributed by atoms with Crippen molar-refractivity contribution in [1.82, 2.24) is 20.3 Å². The highest BCUT2D eigenvalue weighted by molar-refractivity contribution is 5.76. The molecule has 8 nitrogen and oxygen atoms in total. The smallest absolute Gasteiger partial charge is 0.231 e. The Morgan fingerprint density at radius 3 is 2.35 bits per heavy atom. The zero-order valence-electron chi connectivity index (χ0n) is 12.8. The number of nitrogens with zero attached hydrogens (tertiary/aromatic N) is 5. The molecule has 0 aromatic carbocycles. The maximum absolute atomic E-state index is 11.3. The lowest BCUT2D eigenvalue weighted by Crippen LogP contribution is -2.28. The van der Waals surface area contributed by atoms with Gasteiger partial charge in [-0.05, 0) is 6.92 Å². The summed E-state index contributed by atoms with van der Waals surface area (Å²) in [4.78, 5) is 28.0. The van der Waals surface area contributed by atoms with Crippen LogP contribution < -0.4 is 20.4 Å². The van der Waals surface area contributed by atoms with Crippen molar-refractivity contribution in [3.05, 3.63) is 0 Å². The highest BCUT2D eigenvalue weighted by atomic mass is 16.1. The van der Waals surface area contributed by atoms with Crippen LogP contribution in [0.15, 0.2) is 0 Å². The number of hydrogen-bond acceptors (Lipinski definition) is 7. The Balaban J connectivity index is 2.88. The normalized spacial score (nSPS) is 10.1. The second kappa shape index (κ2) is 7.46. The summed E-state index contributed by atoms with van der Waals surface area (Å²) in [6.07, 6.45) is 0.395. The molecule has 0 aliphatic rings. The van der Waals surface area contributed by atoms with Crippen molar-refractivity contribution in [2.45, 2.75) is 13.3 Å². The SMILES string of the molecule is CCNc1nc(N(C)C)nc(N(C)CCC(=O)NC)n1. The van der Waals surface area contributed by atoms with Gasteiger partial charge in [0.25, 0.3) is 0 Å². The van der Waals surface area contributed by atoms with Crippen molar-refractivity contribution in [2.24, 2.45) is 0 Å². The lowest BCUT2D eigenvalue weighted by Gasteiger charge is -2.19. The first-order valence-corrected chi connectivity index (χ1v) is 6.57. The Morgan fingerprint density at radius 2 is 1.80 bits per heavy atom. The van der Waals surface area contributed by atoms with E-state index in [0.29, 0.717) is 30.8 Å². The maximum Gasteiger partial charge on any atom is 0.231 e. The molecular formula is C12H23N7O. The largest absolute Gasteiger partial charge is 0.359 e. The lowest BCUT2D eigenvalue weighted by molar-refractivity contribution is -0.120. The van der Waals surface area contributed by atoms with Crippen molar-refractivity contribution in [1.29, 1.82) is 0 Å². The van der Waals surface area contributed by atoms with Gasteiger partial charge in [0.1, 0.15) is 0 Å². The third-order valence-electron chi connectivity index (χ3n) is 2.64. The molecule has 0 unspecified atom stereocenters. The summed E-state index contributed by atoms with van der Waals surface area (Å²) < 4.78 is 0. The molecule has 0 bridgehead atoms. The summed E-state index contributed by atoms with van der Waals surface area (Å²) in [6.45, 7) is 3.26. The first-order valence-electron chi connectivity index (χ1n) is 6.57. The highest BCUT2D eigenvalue weighted by Crippen LogP contribution is 2.14. The number of carbonyl (C=O) groups is 1. The van der Waals surface area contributed by atoms with Gasteiger partial charge in [-0.2, -0.15) is 15.0 Å². The van der Waals surface area contributed by atoms with Gasteiger partial charge in [0.15, 0.2) is 0 Å². The summed E-state index contributed by atoms with van der Waals surface area (Å²) in [6, 6.07) is 0. The number of carbonyl (C=O) groups excluding carboxylic acids is 1. The Kier molecular flexibility index (Phi) is 5.95. The first-order chi connectivity index (χ1) is 9.47. The fourth-order valence-corrected chi connectivity index (χ4v) is 1.46. The van der Waals surface area contributed by atoms with Crippen LogP contribution in [0.25, 0.3) is 0 Å². The van der Waals surface area contributed by atoms with Crippen LogP contribution in [-0.4, -0.2) is 62.1 Å². The van der Waals surface area contributed by atoms with Gasteiger partial charge in [-0.3, -0.25) is 4.79 Å². The Morgan fingerprint density at radius 1 is 1.15 bits per heavy atom. The monoisotopic (exact) mass is 281 g/mol. The summed E-state index contributed by atoms with van der Waals surface area (Å²) in [5.41, 5.74) is 0. The molecule has 2 N–H and O–H groups in total. The fourth-order valence-electron chi connectivity index (χ4n) is 1.46. The van der Waals surface area contributed by atoms with Gasteiger partial charge in [0.05, 0.1) is 0 Å². The zero-order valence-corrected chi connectivity index (χ0v) is 12.8. The molecule has 0 spiro atoms. The minimum absolute atomic E-state index is 0.00866. The van der Waals surface area contributed by atoms with E-state index >= 15 is 0 Å². The number of anilines is 3. The third kappa shape index (κ3) is 4.52. The van der Waals surface area contributed by atoms with Crippen LogP contribution in [-0.2, 0) is 4.79 Å². The van der Waals surface area contributed by atoms with Crippen molar-refractivity contribution in [2.75, 3.05) is 56.4 Å². The summed E-state index contributed by atoms with van der Waals surface area (Å²) in [5.74, 6) is 1.65. The molecule has 1 heterocycles. The third-order valence-corrected chi connectivity index (χ3v) is 2.64. The highest BCUT2D eigenvalue weighted by Gasteiger charge is 2.12. The average molecular weight is 281 g/mol. The van der Waals surface area contributed by atoms with Crippen molar-refractivity contribution >= 4 is 23.8 Å². The van der Waals surface area contributed by atoms with Crippen LogP contribution >= 0.6 is 0 Å². The molecule has 1 aromatic rings. The molecule has 1 amide bonds. The second-order valence-corrected chi connectivity index (χ2v) is 4.53. The topological polar surface area (TPSA) is 86.3 Å². The number of amides is 1. The van der Waals surface area contributed by atoms with E-state index in [-0.39, 0.29) is 5.91 Å². The number of aromatic nitrogens is 3. The molecule has 0 aliphatic carbocycles. The Hall–Kier alpha value is -2.12. The summed E-state index contributed by atoms with van der Waals surface area (Å²) in [5, 5.41) is 5.67. The minimum atomic E-state index is -0.00866. The van der Waals surface area contributed by atoms with Gasteiger partial charge >= 0.3 is 0 Å². The van der Waals surface area contributed by atoms with Crippen LogP contribution in [0.1, 0.15) is 13.3 Å². The van der Waals surface area contributed by atoms with E-state index < -0.39 is 0 Å². The van der Waals surface area contributed by atoms with Crippen LogP contribution in [0.4, 0.5) is 17.8 Å². The Labute approximate surface area is 119 Å². The second-order valence-electron chi connectivity index (χ2n) is 4.53. The molecule has 0 atom stereocenters. The molecule has 1 aromatic heterocycles. The molecule has 0 radical (unpaired) electrons. The molecule has 0 saturated heterocycles. The standard InChI is InChI=1S/C12H23N7O/c1-6-14-10-15-11(18(3)4)17-12(16-10)19(5)8-7-9(20)13-2/h6-8H2,1-5H3,(H,13,20)(H,14,15,16,17). The van der Waals surface area contributed by atoms with E-state index in [2.05, 4.69) is 25.6 Å². The summed E-state index contributed by atoms with van der Waals surface area (Å²) in [7, 11) is 7.23. The average Bonchev–Trinajstić information content (AvgIpc) is 2.44. The molecule has 8 heteroatoms. The van der Waals surface area contributed by atoms with Gasteiger partial charge in [-0.15, -0.1) is 0 Å². The van der Waals surface area contributed by atoms with Crippen molar-refractivity contribution in [3.63, 3.8) is 0 Å². The van der Waals surface area contributed by atoms with E-state index in [9.17, 15) is 4.79 Å². The van der Waals surface area contributed by atoms with Gasteiger partial charge in [-0.1, -0.05) is 0 Å². The molecule has 0 saturated carbocycles. The van der Waals surface area contributed by atoms with Crippen LogP contribution in [0.2, 0.25) is 0 Å². The van der Waals surface area contributed by atoms with Crippen molar-refractivity contribution < 1.29 is 4.79 Å². The summed E-state index contributed by atoms with van der Waals surface area (Å²) >= 11 is 0. The fraction of sp³-hybridized carbons (Fsp3) is 0.667. The predicted molar refractivity (Wildman–Crippen MR) is 80.3 cm³/mol. The quantitative estimate of drug-likeness (QED) is 0.724. The number of rotatable bonds is 7. The van der Waals surface area contributed by atoms with E-state index in [4.69, 9.17) is 0 Å². The van der Waals surface area contributed by atoms with Gasteiger partial charge < -0.3 is 20.4 Å². The molecule has 1 rings (SSSR count). The Bertz CT molecular complexity index is 449. The lowest BCUT2D eigenvalue weighted by atomic mass is 10.4. The minimum Gasteiger partial charge on any atom is -0.359 e. The van der Waals surface area contributed by atoms with Crippen LogP contribution in [0.3, 0.4) is 0 Å². The molecule has 112 valence electrons. The van der Waals surface area contributed by atoms with Gasteiger partial charge in [-0.25, -0.2) is 0 Å². The molecule has 0 fully saturated rings. The van der Waals surface area contributed by atoms with E-state index in [1.807, 2.05) is 37.9 Å². The van der Waals surface area contributed by atoms with Gasteiger partial charge in [0, 0.05) is 47.7 Å². The van der Waals surface area contributed by atoms with E-state index in [0.717, 1.165) is 6.54 Å². The number of nitrogens with one attached hydrogen (secondary N) is 2. The van der Waals surface area contributed by atoms with Crippen molar-refractivity contribution in [3.8, 4) is 0 Å². The zero-order chi connectivity index (χ0) is 15.1. The van der Waals surface area contributed by atoms with Crippen LogP contribution in [0.5, 0.6) is 0 Å². The van der Waals surface area contributed by atoms with E-state index in [1.54, 1.807) is 7.05 Å². The number of hydrogen-bond donors (Lipinski definition) is 2. The maximum atomic E-state index is 11.3. The van der Waals surface area contributed by atoms with Crippen LogP contribution in [0, 0.1) is 0 Å². The molecule has 20 heavy (non-hydrogen) atoms. The van der Waals surface area contributed by atoms with Gasteiger partial charge in [0.2, 0.25) is 23.8 Å². The predicted octanol–water partition coefficient (Wildman–Crippen LogP) is -0.0583. The van der Waals surface area contributed by atoms with E-state index in [1.165, 1.54) is 0 Å². The molecule has 0 aliphatic heterocycles.